The quantitative estimate of drug-likeness (QED) is 0.647. The number of nitrogens with zero attached hydrogens (tertiary/aromatic N) is 2. The number of hydrogen-bond donors (Lipinski definition) is 3. The van der Waals surface area contributed by atoms with Crippen molar-refractivity contribution in [1.82, 2.24) is 9.97 Å². The smallest absolute Gasteiger partial charge is 0.337 e. The molecule has 0 amide bonds. The molecule has 0 bridgehead atoms. The van der Waals surface area contributed by atoms with Gasteiger partial charge < -0.3 is 15.7 Å². The van der Waals surface area contributed by atoms with E-state index in [1.54, 1.807) is 36.5 Å². The number of nitrogens with one attached hydrogen (secondary N) is 2. The van der Waals surface area contributed by atoms with E-state index in [1.165, 1.54) is 0 Å². The van der Waals surface area contributed by atoms with Gasteiger partial charge in [0.05, 0.1) is 11.3 Å². The van der Waals surface area contributed by atoms with E-state index in [-0.39, 0.29) is 5.56 Å². The Morgan fingerprint density at radius 3 is 2.82 bits per heavy atom. The van der Waals surface area contributed by atoms with Crippen molar-refractivity contribution in [1.29, 1.82) is 0 Å². The molecule has 0 aliphatic carbocycles. The Morgan fingerprint density at radius 2 is 2.05 bits per heavy atom. The molecule has 0 radical (unpaired) electrons. The minimum atomic E-state index is -0.977. The van der Waals surface area contributed by atoms with Crippen LogP contribution < -0.4 is 10.6 Å². The van der Waals surface area contributed by atoms with E-state index in [2.05, 4.69) is 27.5 Å². The number of carboxylic acid groups (broad SMARTS) is 1. The maximum Gasteiger partial charge on any atom is 0.337 e. The van der Waals surface area contributed by atoms with Crippen LogP contribution in [0, 0.1) is 0 Å². The number of unbranched alkanes of at least 4 members (excludes halogenated alkanes) is 2. The molecular weight excluding hydrogens is 280 g/mol. The van der Waals surface area contributed by atoms with Gasteiger partial charge in [-0.25, -0.2) is 9.78 Å². The lowest BCUT2D eigenvalue weighted by molar-refractivity contribution is 0.0698. The summed E-state index contributed by atoms with van der Waals surface area (Å²) in [6.07, 6.45) is 5.03. The van der Waals surface area contributed by atoms with Crippen molar-refractivity contribution >= 4 is 23.4 Å². The van der Waals surface area contributed by atoms with Crippen LogP contribution in [-0.4, -0.2) is 27.6 Å². The van der Waals surface area contributed by atoms with Crippen molar-refractivity contribution in [2.45, 2.75) is 26.2 Å². The Morgan fingerprint density at radius 1 is 1.23 bits per heavy atom. The molecule has 0 saturated heterocycles. The van der Waals surface area contributed by atoms with Crippen LogP contribution in [0.4, 0.5) is 17.5 Å². The molecule has 0 saturated carbocycles. The average Bonchev–Trinajstić information content (AvgIpc) is 2.52. The summed E-state index contributed by atoms with van der Waals surface area (Å²) in [5, 5.41) is 15.4. The number of rotatable bonds is 8. The fraction of sp³-hybridized carbons (Fsp3) is 0.312. The van der Waals surface area contributed by atoms with Gasteiger partial charge in [-0.15, -0.1) is 0 Å². The van der Waals surface area contributed by atoms with Gasteiger partial charge in [0.2, 0.25) is 5.95 Å². The number of carbonyl (C=O) groups is 1. The zero-order valence-corrected chi connectivity index (χ0v) is 12.5. The molecule has 6 nitrogen and oxygen atoms in total. The summed E-state index contributed by atoms with van der Waals surface area (Å²) in [4.78, 5) is 19.7. The number of carboxylic acids is 1. The van der Waals surface area contributed by atoms with Gasteiger partial charge in [-0.2, -0.15) is 4.98 Å². The summed E-state index contributed by atoms with van der Waals surface area (Å²) >= 11 is 0. The number of aromatic carboxylic acids is 1. The van der Waals surface area contributed by atoms with Gasteiger partial charge in [-0.05, 0) is 24.6 Å². The van der Waals surface area contributed by atoms with Crippen LogP contribution in [0.2, 0.25) is 0 Å². The van der Waals surface area contributed by atoms with Gasteiger partial charge in [0.1, 0.15) is 5.82 Å². The average molecular weight is 300 g/mol. The zero-order chi connectivity index (χ0) is 15.8. The third kappa shape index (κ3) is 4.44. The fourth-order valence-electron chi connectivity index (χ4n) is 2.01. The Bertz CT molecular complexity index is 631. The molecule has 1 heterocycles. The van der Waals surface area contributed by atoms with Crippen LogP contribution in [0.15, 0.2) is 36.5 Å². The maximum absolute atomic E-state index is 11.2. The molecule has 0 atom stereocenters. The Labute approximate surface area is 129 Å². The standard InChI is InChI=1S/C16H20N4O2/c1-2-3-6-10-17-16-18-11-9-14(20-16)19-13-8-5-4-7-12(13)15(21)22/h4-5,7-9,11H,2-3,6,10H2,1H3,(H,21,22)(H2,17,18,19,20). The normalized spacial score (nSPS) is 10.2. The number of anilines is 3. The molecule has 0 aliphatic rings. The second-order valence-electron chi connectivity index (χ2n) is 4.88. The van der Waals surface area contributed by atoms with E-state index in [0.717, 1.165) is 25.8 Å². The van der Waals surface area contributed by atoms with Gasteiger partial charge in [0, 0.05) is 12.7 Å². The first-order valence-corrected chi connectivity index (χ1v) is 7.37. The third-order valence-corrected chi connectivity index (χ3v) is 3.14. The number of hydrogen-bond acceptors (Lipinski definition) is 5. The van der Waals surface area contributed by atoms with Crippen molar-refractivity contribution in [3.63, 3.8) is 0 Å². The maximum atomic E-state index is 11.2. The number of para-hydroxylation sites is 1. The topological polar surface area (TPSA) is 87.1 Å². The molecule has 116 valence electrons. The molecule has 1 aromatic heterocycles. The van der Waals surface area contributed by atoms with E-state index in [4.69, 9.17) is 0 Å². The van der Waals surface area contributed by atoms with E-state index >= 15 is 0 Å². The van der Waals surface area contributed by atoms with Crippen LogP contribution >= 0.6 is 0 Å². The number of benzene rings is 1. The van der Waals surface area contributed by atoms with Crippen LogP contribution in [0.5, 0.6) is 0 Å². The highest BCUT2D eigenvalue weighted by Gasteiger charge is 2.09. The minimum absolute atomic E-state index is 0.207. The second kappa shape index (κ2) is 7.97. The van der Waals surface area contributed by atoms with Crippen LogP contribution in [0.3, 0.4) is 0 Å². The minimum Gasteiger partial charge on any atom is -0.478 e. The summed E-state index contributed by atoms with van der Waals surface area (Å²) < 4.78 is 0. The molecular formula is C16H20N4O2. The molecule has 3 N–H and O–H groups in total. The highest BCUT2D eigenvalue weighted by Crippen LogP contribution is 2.19. The molecule has 0 fully saturated rings. The van der Waals surface area contributed by atoms with Crippen molar-refractivity contribution < 1.29 is 9.90 Å². The highest BCUT2D eigenvalue weighted by atomic mass is 16.4. The van der Waals surface area contributed by atoms with E-state index < -0.39 is 5.97 Å². The Kier molecular flexibility index (Phi) is 5.71. The fourth-order valence-corrected chi connectivity index (χ4v) is 2.01. The second-order valence-corrected chi connectivity index (χ2v) is 4.88. The van der Waals surface area contributed by atoms with E-state index in [0.29, 0.717) is 17.5 Å². The summed E-state index contributed by atoms with van der Waals surface area (Å²) in [6.45, 7) is 2.98. The first-order chi connectivity index (χ1) is 10.7. The van der Waals surface area contributed by atoms with E-state index in [9.17, 15) is 9.90 Å². The van der Waals surface area contributed by atoms with Gasteiger partial charge >= 0.3 is 5.97 Å². The predicted octanol–water partition coefficient (Wildman–Crippen LogP) is 3.52. The largest absolute Gasteiger partial charge is 0.478 e. The van der Waals surface area contributed by atoms with Crippen molar-refractivity contribution in [3.8, 4) is 0 Å². The Hall–Kier alpha value is -2.63. The lowest BCUT2D eigenvalue weighted by atomic mass is 10.2. The van der Waals surface area contributed by atoms with Crippen LogP contribution in [0.25, 0.3) is 0 Å². The van der Waals surface area contributed by atoms with Crippen LogP contribution in [-0.2, 0) is 0 Å². The summed E-state index contributed by atoms with van der Waals surface area (Å²) in [6, 6.07) is 8.43. The Balaban J connectivity index is 2.06. The van der Waals surface area contributed by atoms with Crippen LogP contribution in [0.1, 0.15) is 36.5 Å². The highest BCUT2D eigenvalue weighted by molar-refractivity contribution is 5.94. The lowest BCUT2D eigenvalue weighted by Crippen LogP contribution is -2.07. The monoisotopic (exact) mass is 300 g/mol. The predicted molar refractivity (Wildman–Crippen MR) is 86.7 cm³/mol. The first-order valence-electron chi connectivity index (χ1n) is 7.37. The molecule has 1 aromatic carbocycles. The van der Waals surface area contributed by atoms with E-state index in [1.807, 2.05) is 0 Å². The van der Waals surface area contributed by atoms with Gasteiger partial charge in [-0.3, -0.25) is 0 Å². The summed E-state index contributed by atoms with van der Waals surface area (Å²) in [5.74, 6) is 0.116. The molecule has 0 unspecified atom stereocenters. The lowest BCUT2D eigenvalue weighted by Gasteiger charge is -2.10. The number of aromatic nitrogens is 2. The van der Waals surface area contributed by atoms with Gasteiger partial charge in [0.25, 0.3) is 0 Å². The molecule has 2 rings (SSSR count). The first kappa shape index (κ1) is 15.8. The zero-order valence-electron chi connectivity index (χ0n) is 12.5. The van der Waals surface area contributed by atoms with Crippen molar-refractivity contribution in [2.75, 3.05) is 17.2 Å². The molecule has 0 aliphatic heterocycles. The SMILES string of the molecule is CCCCCNc1nccc(Nc2ccccc2C(=O)O)n1. The third-order valence-electron chi connectivity index (χ3n) is 3.14. The molecule has 6 heteroatoms. The van der Waals surface area contributed by atoms with Crippen molar-refractivity contribution in [3.05, 3.63) is 42.1 Å². The summed E-state index contributed by atoms with van der Waals surface area (Å²) in [5.41, 5.74) is 0.712. The van der Waals surface area contributed by atoms with Gasteiger partial charge in [-0.1, -0.05) is 31.9 Å². The van der Waals surface area contributed by atoms with Crippen molar-refractivity contribution in [2.24, 2.45) is 0 Å². The molecule has 22 heavy (non-hydrogen) atoms. The van der Waals surface area contributed by atoms with Gasteiger partial charge in [0.15, 0.2) is 0 Å². The summed E-state index contributed by atoms with van der Waals surface area (Å²) in [7, 11) is 0. The molecule has 0 spiro atoms. The molecule has 2 aromatic rings.